The SMILES string of the molecule is FC(F)(F)c1cnc(Sc2nnc(NC3CC3)s2)c(Cl)c1. The molecule has 2 aromatic heterocycles. The number of nitrogens with zero attached hydrogens (tertiary/aromatic N) is 3. The number of pyridine rings is 1. The topological polar surface area (TPSA) is 50.7 Å². The summed E-state index contributed by atoms with van der Waals surface area (Å²) in [7, 11) is 0. The number of halogens is 4. The molecule has 0 amide bonds. The lowest BCUT2D eigenvalue weighted by Gasteiger charge is -2.07. The summed E-state index contributed by atoms with van der Waals surface area (Å²) in [4.78, 5) is 3.75. The van der Waals surface area contributed by atoms with Crippen LogP contribution in [0.15, 0.2) is 21.6 Å². The molecule has 0 atom stereocenters. The Balaban J connectivity index is 1.73. The highest BCUT2D eigenvalue weighted by molar-refractivity contribution is 8.01. The quantitative estimate of drug-likeness (QED) is 0.887. The molecule has 0 aliphatic heterocycles. The van der Waals surface area contributed by atoms with Crippen LogP contribution in [-0.2, 0) is 6.18 Å². The lowest BCUT2D eigenvalue weighted by Crippen LogP contribution is -2.05. The van der Waals surface area contributed by atoms with Crippen LogP contribution >= 0.6 is 34.7 Å². The molecule has 0 spiro atoms. The van der Waals surface area contributed by atoms with Gasteiger partial charge in [-0.15, -0.1) is 10.2 Å². The first-order valence-electron chi connectivity index (χ1n) is 5.92. The van der Waals surface area contributed by atoms with Crippen molar-refractivity contribution in [2.45, 2.75) is 34.4 Å². The van der Waals surface area contributed by atoms with E-state index in [1.807, 2.05) is 0 Å². The summed E-state index contributed by atoms with van der Waals surface area (Å²) in [6.45, 7) is 0. The number of hydrogen-bond acceptors (Lipinski definition) is 6. The molecule has 1 aliphatic rings. The van der Waals surface area contributed by atoms with Gasteiger partial charge in [0.15, 0.2) is 4.34 Å². The first kappa shape index (κ1) is 14.9. The van der Waals surface area contributed by atoms with Gasteiger partial charge < -0.3 is 5.32 Å². The van der Waals surface area contributed by atoms with E-state index in [0.29, 0.717) is 15.5 Å². The van der Waals surface area contributed by atoms with E-state index in [0.717, 1.165) is 36.9 Å². The molecule has 0 bridgehead atoms. The Morgan fingerprint density at radius 3 is 2.71 bits per heavy atom. The Morgan fingerprint density at radius 2 is 2.10 bits per heavy atom. The first-order chi connectivity index (χ1) is 9.91. The third-order valence-electron chi connectivity index (χ3n) is 2.63. The number of alkyl halides is 3. The second-order valence-corrected chi connectivity index (χ2v) is 7.02. The molecule has 0 saturated heterocycles. The van der Waals surface area contributed by atoms with Crippen LogP contribution in [0.1, 0.15) is 18.4 Å². The zero-order chi connectivity index (χ0) is 15.0. The molecule has 2 heterocycles. The molecule has 2 aromatic rings. The summed E-state index contributed by atoms with van der Waals surface area (Å²) >= 11 is 8.26. The number of anilines is 1. The van der Waals surface area contributed by atoms with Crippen LogP contribution in [0.2, 0.25) is 5.02 Å². The molecule has 10 heteroatoms. The van der Waals surface area contributed by atoms with E-state index in [4.69, 9.17) is 11.6 Å². The predicted molar refractivity (Wildman–Crippen MR) is 74.9 cm³/mol. The van der Waals surface area contributed by atoms with Crippen molar-refractivity contribution in [1.82, 2.24) is 15.2 Å². The summed E-state index contributed by atoms with van der Waals surface area (Å²) in [6.07, 6.45) is -1.45. The van der Waals surface area contributed by atoms with Crippen molar-refractivity contribution in [2.24, 2.45) is 0 Å². The van der Waals surface area contributed by atoms with E-state index in [1.165, 1.54) is 11.3 Å². The molecule has 0 unspecified atom stereocenters. The largest absolute Gasteiger partial charge is 0.417 e. The minimum Gasteiger partial charge on any atom is -0.357 e. The zero-order valence-electron chi connectivity index (χ0n) is 10.3. The molecule has 21 heavy (non-hydrogen) atoms. The third-order valence-corrected chi connectivity index (χ3v) is 4.95. The Labute approximate surface area is 131 Å². The molecule has 0 radical (unpaired) electrons. The van der Waals surface area contributed by atoms with E-state index >= 15 is 0 Å². The Kier molecular flexibility index (Phi) is 3.98. The van der Waals surface area contributed by atoms with Crippen LogP contribution in [0.25, 0.3) is 0 Å². The average molecular weight is 353 g/mol. The predicted octanol–water partition coefficient (Wildman–Crippen LogP) is 4.33. The Morgan fingerprint density at radius 1 is 1.33 bits per heavy atom. The van der Waals surface area contributed by atoms with Gasteiger partial charge in [-0.2, -0.15) is 13.2 Å². The number of aromatic nitrogens is 3. The van der Waals surface area contributed by atoms with Crippen molar-refractivity contribution < 1.29 is 13.2 Å². The fraction of sp³-hybridized carbons (Fsp3) is 0.364. The standard InChI is InChI=1S/C11H8ClF3N4S2/c12-7-3-5(11(13,14)15)4-16-8(7)20-10-19-18-9(21-10)17-6-1-2-6/h3-4,6H,1-2H2,(H,17,18). The first-order valence-corrected chi connectivity index (χ1v) is 7.93. The van der Waals surface area contributed by atoms with Crippen molar-refractivity contribution in [3.05, 3.63) is 22.8 Å². The van der Waals surface area contributed by atoms with Crippen LogP contribution < -0.4 is 5.32 Å². The van der Waals surface area contributed by atoms with Gasteiger partial charge >= 0.3 is 6.18 Å². The van der Waals surface area contributed by atoms with E-state index in [-0.39, 0.29) is 10.0 Å². The van der Waals surface area contributed by atoms with Crippen LogP contribution in [0, 0.1) is 0 Å². The maximum atomic E-state index is 12.5. The minimum absolute atomic E-state index is 0.0540. The minimum atomic E-state index is -4.45. The van der Waals surface area contributed by atoms with Crippen LogP contribution in [0.5, 0.6) is 0 Å². The van der Waals surface area contributed by atoms with Crippen molar-refractivity contribution in [3.8, 4) is 0 Å². The van der Waals surface area contributed by atoms with E-state index in [1.54, 1.807) is 0 Å². The van der Waals surface area contributed by atoms with Gasteiger partial charge in [-0.3, -0.25) is 0 Å². The van der Waals surface area contributed by atoms with Gasteiger partial charge in [0.1, 0.15) is 5.03 Å². The highest BCUT2D eigenvalue weighted by Gasteiger charge is 2.31. The lowest BCUT2D eigenvalue weighted by atomic mass is 10.3. The second kappa shape index (κ2) is 5.62. The van der Waals surface area contributed by atoms with Gasteiger partial charge in [0.25, 0.3) is 0 Å². The molecule has 1 N–H and O–H groups in total. The summed E-state index contributed by atoms with van der Waals surface area (Å²) in [5, 5.41) is 12.0. The van der Waals surface area contributed by atoms with Crippen molar-refractivity contribution in [2.75, 3.05) is 5.32 Å². The van der Waals surface area contributed by atoms with Gasteiger partial charge in [-0.25, -0.2) is 4.98 Å². The maximum Gasteiger partial charge on any atom is 0.417 e. The van der Waals surface area contributed by atoms with Gasteiger partial charge in [0, 0.05) is 12.2 Å². The normalized spacial score (nSPS) is 15.2. The summed E-state index contributed by atoms with van der Waals surface area (Å²) in [5.74, 6) is 0. The molecular weight excluding hydrogens is 345 g/mol. The fourth-order valence-corrected chi connectivity index (χ4v) is 3.44. The van der Waals surface area contributed by atoms with E-state index in [2.05, 4.69) is 20.5 Å². The Bertz CT molecular complexity index is 657. The molecule has 3 rings (SSSR count). The molecule has 112 valence electrons. The van der Waals surface area contributed by atoms with E-state index < -0.39 is 11.7 Å². The monoisotopic (exact) mass is 352 g/mol. The average Bonchev–Trinajstić information content (AvgIpc) is 3.10. The second-order valence-electron chi connectivity index (χ2n) is 4.40. The smallest absolute Gasteiger partial charge is 0.357 e. The molecule has 1 fully saturated rings. The van der Waals surface area contributed by atoms with Gasteiger partial charge in [-0.1, -0.05) is 22.9 Å². The van der Waals surface area contributed by atoms with Crippen LogP contribution in [0.3, 0.4) is 0 Å². The lowest BCUT2D eigenvalue weighted by molar-refractivity contribution is -0.137. The third kappa shape index (κ3) is 3.78. The van der Waals surface area contributed by atoms with Gasteiger partial charge in [0.2, 0.25) is 5.13 Å². The van der Waals surface area contributed by atoms with Crippen molar-refractivity contribution in [1.29, 1.82) is 0 Å². The number of nitrogens with one attached hydrogen (secondary N) is 1. The van der Waals surface area contributed by atoms with Crippen LogP contribution in [0.4, 0.5) is 18.3 Å². The number of rotatable bonds is 4. The Hall–Kier alpha value is -1.06. The molecular formula is C11H8ClF3N4S2. The summed E-state index contributed by atoms with van der Waals surface area (Å²) in [5.41, 5.74) is -0.870. The maximum absolute atomic E-state index is 12.5. The summed E-state index contributed by atoms with van der Waals surface area (Å²) in [6, 6.07) is 1.32. The summed E-state index contributed by atoms with van der Waals surface area (Å²) < 4.78 is 38.1. The fourth-order valence-electron chi connectivity index (χ4n) is 1.45. The van der Waals surface area contributed by atoms with Gasteiger partial charge in [-0.05, 0) is 30.7 Å². The zero-order valence-corrected chi connectivity index (χ0v) is 12.7. The molecule has 1 aliphatic carbocycles. The highest BCUT2D eigenvalue weighted by Crippen LogP contribution is 2.38. The highest BCUT2D eigenvalue weighted by atomic mass is 35.5. The molecule has 1 saturated carbocycles. The van der Waals surface area contributed by atoms with Gasteiger partial charge in [0.05, 0.1) is 10.6 Å². The van der Waals surface area contributed by atoms with Crippen LogP contribution in [-0.4, -0.2) is 21.2 Å². The number of hydrogen-bond donors (Lipinski definition) is 1. The van der Waals surface area contributed by atoms with E-state index in [9.17, 15) is 13.2 Å². The molecule has 4 nitrogen and oxygen atoms in total. The van der Waals surface area contributed by atoms with Crippen molar-refractivity contribution in [3.63, 3.8) is 0 Å². The van der Waals surface area contributed by atoms with Crippen molar-refractivity contribution >= 4 is 39.8 Å². The molecule has 0 aromatic carbocycles.